The van der Waals surface area contributed by atoms with Crippen molar-refractivity contribution in [2.75, 3.05) is 0 Å². The van der Waals surface area contributed by atoms with Gasteiger partial charge in [0, 0.05) is 31.9 Å². The minimum absolute atomic E-state index is 0.694. The Kier molecular flexibility index (Phi) is 2.75. The Morgan fingerprint density at radius 1 is 0.933 bits per heavy atom. The number of hydrogen-bond donors (Lipinski definition) is 0. The molecule has 15 heavy (non-hydrogen) atoms. The third-order valence-corrected chi connectivity index (χ3v) is 2.18. The summed E-state index contributed by atoms with van der Waals surface area (Å²) in [7, 11) is 0. The van der Waals surface area contributed by atoms with Crippen molar-refractivity contribution in [3.05, 3.63) is 23.8 Å². The summed E-state index contributed by atoms with van der Waals surface area (Å²) in [5.74, 6) is 0. The second-order valence-electron chi connectivity index (χ2n) is 3.31. The van der Waals surface area contributed by atoms with Crippen molar-refractivity contribution in [2.24, 2.45) is 0 Å². The SMILES string of the molecule is CCn1cc(Cc2cn(CC)nn2)nn1. The van der Waals surface area contributed by atoms with Crippen molar-refractivity contribution in [1.29, 1.82) is 0 Å². The van der Waals surface area contributed by atoms with Crippen LogP contribution in [0.4, 0.5) is 0 Å². The van der Waals surface area contributed by atoms with Crippen LogP contribution in [-0.4, -0.2) is 30.0 Å². The van der Waals surface area contributed by atoms with E-state index in [0.717, 1.165) is 24.5 Å². The van der Waals surface area contributed by atoms with Crippen LogP contribution in [0, 0.1) is 0 Å². The van der Waals surface area contributed by atoms with Crippen LogP contribution >= 0.6 is 0 Å². The molecule has 0 saturated heterocycles. The van der Waals surface area contributed by atoms with Crippen molar-refractivity contribution in [3.8, 4) is 0 Å². The first kappa shape index (κ1) is 9.82. The lowest BCUT2D eigenvalue weighted by atomic mass is 10.3. The molecule has 2 rings (SSSR count). The van der Waals surface area contributed by atoms with Crippen molar-refractivity contribution in [2.45, 2.75) is 33.4 Å². The Bertz CT molecular complexity index is 389. The minimum Gasteiger partial charge on any atom is -0.253 e. The number of nitrogens with zero attached hydrogens (tertiary/aromatic N) is 6. The molecule has 0 atom stereocenters. The van der Waals surface area contributed by atoms with Gasteiger partial charge in [-0.05, 0) is 13.8 Å². The average Bonchev–Trinajstić information content (AvgIpc) is 2.87. The molecule has 6 nitrogen and oxygen atoms in total. The topological polar surface area (TPSA) is 61.4 Å². The quantitative estimate of drug-likeness (QED) is 0.730. The molecule has 2 aromatic heterocycles. The highest BCUT2D eigenvalue weighted by Gasteiger charge is 2.04. The van der Waals surface area contributed by atoms with E-state index in [1.165, 1.54) is 0 Å². The van der Waals surface area contributed by atoms with E-state index >= 15 is 0 Å². The van der Waals surface area contributed by atoms with E-state index in [-0.39, 0.29) is 0 Å². The van der Waals surface area contributed by atoms with E-state index in [2.05, 4.69) is 20.6 Å². The monoisotopic (exact) mass is 206 g/mol. The van der Waals surface area contributed by atoms with E-state index in [1.807, 2.05) is 26.2 Å². The fraction of sp³-hybridized carbons (Fsp3) is 0.556. The lowest BCUT2D eigenvalue weighted by molar-refractivity contribution is 0.626. The second-order valence-corrected chi connectivity index (χ2v) is 3.31. The van der Waals surface area contributed by atoms with E-state index in [4.69, 9.17) is 0 Å². The summed E-state index contributed by atoms with van der Waals surface area (Å²) in [6.07, 6.45) is 4.57. The van der Waals surface area contributed by atoms with Gasteiger partial charge in [-0.2, -0.15) is 0 Å². The van der Waals surface area contributed by atoms with Gasteiger partial charge in [-0.15, -0.1) is 10.2 Å². The molecule has 0 spiro atoms. The fourth-order valence-electron chi connectivity index (χ4n) is 1.33. The maximum atomic E-state index is 4.05. The number of hydrogen-bond acceptors (Lipinski definition) is 4. The van der Waals surface area contributed by atoms with Gasteiger partial charge in [0.1, 0.15) is 0 Å². The highest BCUT2D eigenvalue weighted by Crippen LogP contribution is 2.02. The molecular formula is C9H14N6. The summed E-state index contributed by atoms with van der Waals surface area (Å²) in [5, 5.41) is 16.0. The zero-order valence-electron chi connectivity index (χ0n) is 8.96. The zero-order valence-corrected chi connectivity index (χ0v) is 8.96. The normalized spacial score (nSPS) is 10.8. The van der Waals surface area contributed by atoms with Crippen molar-refractivity contribution < 1.29 is 0 Å². The van der Waals surface area contributed by atoms with Gasteiger partial charge in [-0.1, -0.05) is 10.4 Å². The van der Waals surface area contributed by atoms with E-state index in [9.17, 15) is 0 Å². The van der Waals surface area contributed by atoms with Crippen LogP contribution in [0.3, 0.4) is 0 Å². The molecule has 2 heterocycles. The molecule has 0 fully saturated rings. The van der Waals surface area contributed by atoms with Crippen molar-refractivity contribution in [1.82, 2.24) is 30.0 Å². The molecule has 0 aromatic carbocycles. The molecule has 2 aromatic rings. The Morgan fingerprint density at radius 3 is 1.73 bits per heavy atom. The van der Waals surface area contributed by atoms with Gasteiger partial charge >= 0.3 is 0 Å². The van der Waals surface area contributed by atoms with Gasteiger partial charge in [-0.3, -0.25) is 9.36 Å². The lowest BCUT2D eigenvalue weighted by Gasteiger charge is -1.90. The summed E-state index contributed by atoms with van der Waals surface area (Å²) >= 11 is 0. The van der Waals surface area contributed by atoms with Crippen LogP contribution in [0.25, 0.3) is 0 Å². The predicted octanol–water partition coefficient (Wildman–Crippen LogP) is 0.500. The summed E-state index contributed by atoms with van der Waals surface area (Å²) in [6, 6.07) is 0. The standard InChI is InChI=1S/C9H14N6/c1-3-14-6-8(10-12-14)5-9-7-15(4-2)13-11-9/h6-7H,3-5H2,1-2H3. The number of aromatic nitrogens is 6. The molecule has 6 heteroatoms. The van der Waals surface area contributed by atoms with Crippen LogP contribution in [0.2, 0.25) is 0 Å². The Hall–Kier alpha value is -1.72. The lowest BCUT2D eigenvalue weighted by Crippen LogP contribution is -1.93. The molecule has 0 aliphatic heterocycles. The number of aryl methyl sites for hydroxylation is 2. The molecule has 0 N–H and O–H groups in total. The molecular weight excluding hydrogens is 192 g/mol. The second kappa shape index (κ2) is 4.20. The van der Waals surface area contributed by atoms with Crippen molar-refractivity contribution >= 4 is 0 Å². The Morgan fingerprint density at radius 2 is 1.40 bits per heavy atom. The molecule has 0 unspecified atom stereocenters. The fourth-order valence-corrected chi connectivity index (χ4v) is 1.33. The maximum Gasteiger partial charge on any atom is 0.0887 e. The van der Waals surface area contributed by atoms with E-state index in [0.29, 0.717) is 6.42 Å². The highest BCUT2D eigenvalue weighted by atomic mass is 15.4. The van der Waals surface area contributed by atoms with Gasteiger partial charge in [0.2, 0.25) is 0 Å². The minimum atomic E-state index is 0.694. The first-order chi connectivity index (χ1) is 7.31. The van der Waals surface area contributed by atoms with Gasteiger partial charge < -0.3 is 0 Å². The average molecular weight is 206 g/mol. The van der Waals surface area contributed by atoms with E-state index in [1.54, 1.807) is 9.36 Å². The molecule has 0 aliphatic rings. The molecule has 80 valence electrons. The predicted molar refractivity (Wildman–Crippen MR) is 54.2 cm³/mol. The molecule has 0 amide bonds. The van der Waals surface area contributed by atoms with Crippen LogP contribution in [-0.2, 0) is 19.5 Å². The smallest absolute Gasteiger partial charge is 0.0887 e. The molecule has 0 saturated carbocycles. The largest absolute Gasteiger partial charge is 0.253 e. The van der Waals surface area contributed by atoms with Crippen LogP contribution < -0.4 is 0 Å². The summed E-state index contributed by atoms with van der Waals surface area (Å²) in [5.41, 5.74) is 1.86. The summed E-state index contributed by atoms with van der Waals surface area (Å²) in [4.78, 5) is 0. The molecule has 0 radical (unpaired) electrons. The van der Waals surface area contributed by atoms with Gasteiger partial charge in [0.15, 0.2) is 0 Å². The van der Waals surface area contributed by atoms with Crippen molar-refractivity contribution in [3.63, 3.8) is 0 Å². The van der Waals surface area contributed by atoms with Crippen LogP contribution in [0.15, 0.2) is 12.4 Å². The summed E-state index contributed by atoms with van der Waals surface area (Å²) < 4.78 is 3.61. The van der Waals surface area contributed by atoms with E-state index < -0.39 is 0 Å². The Labute approximate surface area is 87.9 Å². The van der Waals surface area contributed by atoms with Crippen LogP contribution in [0.5, 0.6) is 0 Å². The van der Waals surface area contributed by atoms with Gasteiger partial charge in [0.25, 0.3) is 0 Å². The molecule has 0 aliphatic carbocycles. The van der Waals surface area contributed by atoms with Gasteiger partial charge in [0.05, 0.1) is 11.4 Å². The highest BCUT2D eigenvalue weighted by molar-refractivity contribution is 5.06. The number of rotatable bonds is 4. The van der Waals surface area contributed by atoms with Crippen LogP contribution in [0.1, 0.15) is 25.2 Å². The van der Waals surface area contributed by atoms with Gasteiger partial charge in [-0.25, -0.2) is 0 Å². The maximum absolute atomic E-state index is 4.05. The molecule has 0 bridgehead atoms. The zero-order chi connectivity index (χ0) is 10.7. The summed E-state index contributed by atoms with van der Waals surface area (Å²) in [6.45, 7) is 5.75. The first-order valence-corrected chi connectivity index (χ1v) is 5.09. The third kappa shape index (κ3) is 2.20. The first-order valence-electron chi connectivity index (χ1n) is 5.09. The Balaban J connectivity index is 2.07. The third-order valence-electron chi connectivity index (χ3n) is 2.18.